The molecule has 5 heteroatoms. The zero-order valence-corrected chi connectivity index (χ0v) is 18.9. The van der Waals surface area contributed by atoms with Gasteiger partial charge >= 0.3 is 0 Å². The van der Waals surface area contributed by atoms with Crippen LogP contribution in [0.1, 0.15) is 36.8 Å². The van der Waals surface area contributed by atoms with E-state index < -0.39 is 0 Å². The molecule has 3 aromatic rings. The molecule has 0 amide bonds. The van der Waals surface area contributed by atoms with Crippen LogP contribution in [-0.2, 0) is 13.0 Å². The molecule has 1 fully saturated rings. The van der Waals surface area contributed by atoms with E-state index in [4.69, 9.17) is 16.3 Å². The van der Waals surface area contributed by atoms with Crippen LogP contribution >= 0.6 is 11.6 Å². The average Bonchev–Trinajstić information content (AvgIpc) is 2.82. The largest absolute Gasteiger partial charge is 0.497 e. The Kier molecular flexibility index (Phi) is 6.02. The first-order valence-electron chi connectivity index (χ1n) is 11.4. The molecule has 31 heavy (non-hydrogen) atoms. The van der Waals surface area contributed by atoms with E-state index >= 15 is 0 Å². The number of halogens is 1. The van der Waals surface area contributed by atoms with E-state index in [1.165, 1.54) is 47.9 Å². The Bertz CT molecular complexity index is 1040. The summed E-state index contributed by atoms with van der Waals surface area (Å²) in [6.07, 6.45) is 8.13. The summed E-state index contributed by atoms with van der Waals surface area (Å²) in [6.45, 7) is 3.10. The Hall–Kier alpha value is -2.30. The van der Waals surface area contributed by atoms with Crippen molar-refractivity contribution in [3.05, 3.63) is 64.9 Å². The van der Waals surface area contributed by atoms with Crippen molar-refractivity contribution in [2.75, 3.05) is 25.1 Å². The standard InChI is InChI=1S/C26H30ClN3O/c1-31-22-11-7-19(8-12-22)16-28-15-18-5-9-21(10-6-18)30-14-13-20-17-29-26(27)23-3-2-4-24(30)25(20)23/h2-4,7-8,11-12,17-18,21,28H,5-6,9-10,13-16H2,1H3. The van der Waals surface area contributed by atoms with Crippen molar-refractivity contribution in [3.8, 4) is 5.75 Å². The fraction of sp³-hybridized carbons (Fsp3) is 0.423. The van der Waals surface area contributed by atoms with E-state index in [9.17, 15) is 0 Å². The van der Waals surface area contributed by atoms with Crippen LogP contribution in [0.3, 0.4) is 0 Å². The van der Waals surface area contributed by atoms with Gasteiger partial charge in [-0.15, -0.1) is 0 Å². The molecule has 0 bridgehead atoms. The van der Waals surface area contributed by atoms with Crippen molar-refractivity contribution in [2.45, 2.75) is 44.7 Å². The van der Waals surface area contributed by atoms with Crippen molar-refractivity contribution < 1.29 is 4.74 Å². The smallest absolute Gasteiger partial charge is 0.136 e. The molecule has 0 saturated heterocycles. The third kappa shape index (κ3) is 4.24. The molecule has 1 saturated carbocycles. The van der Waals surface area contributed by atoms with Gasteiger partial charge in [-0.05, 0) is 73.9 Å². The maximum Gasteiger partial charge on any atom is 0.136 e. The quantitative estimate of drug-likeness (QED) is 0.511. The summed E-state index contributed by atoms with van der Waals surface area (Å²) in [5.41, 5.74) is 3.99. The summed E-state index contributed by atoms with van der Waals surface area (Å²) in [5.74, 6) is 1.68. The Labute approximate surface area is 189 Å². The Balaban J connectivity index is 1.18. The summed E-state index contributed by atoms with van der Waals surface area (Å²) in [5, 5.41) is 6.69. The minimum atomic E-state index is 0.620. The van der Waals surface area contributed by atoms with Crippen molar-refractivity contribution in [1.29, 1.82) is 0 Å². The predicted octanol–water partition coefficient (Wildman–Crippen LogP) is 5.61. The molecule has 2 aromatic carbocycles. The number of ether oxygens (including phenoxy) is 1. The number of methoxy groups -OCH3 is 1. The molecule has 0 spiro atoms. The van der Waals surface area contributed by atoms with Gasteiger partial charge in [-0.1, -0.05) is 35.9 Å². The van der Waals surface area contributed by atoms with Gasteiger partial charge in [-0.2, -0.15) is 0 Å². The summed E-state index contributed by atoms with van der Waals surface area (Å²) in [4.78, 5) is 7.04. The van der Waals surface area contributed by atoms with Crippen LogP contribution in [0.5, 0.6) is 5.75 Å². The number of anilines is 1. The first kappa shape index (κ1) is 20.6. The van der Waals surface area contributed by atoms with Gasteiger partial charge < -0.3 is 15.0 Å². The molecule has 0 atom stereocenters. The first-order valence-corrected chi connectivity index (χ1v) is 11.8. The Morgan fingerprint density at radius 2 is 1.90 bits per heavy atom. The summed E-state index contributed by atoms with van der Waals surface area (Å²) < 4.78 is 5.24. The normalized spacial score (nSPS) is 20.8. The van der Waals surface area contributed by atoms with E-state index in [1.54, 1.807) is 7.11 Å². The number of nitrogens with zero attached hydrogens (tertiary/aromatic N) is 2. The number of pyridine rings is 1. The van der Waals surface area contributed by atoms with Crippen LogP contribution in [0.4, 0.5) is 5.69 Å². The molecule has 5 rings (SSSR count). The van der Waals surface area contributed by atoms with Gasteiger partial charge in [-0.25, -0.2) is 4.98 Å². The summed E-state index contributed by atoms with van der Waals surface area (Å²) >= 11 is 6.40. The van der Waals surface area contributed by atoms with Gasteiger partial charge in [0.2, 0.25) is 0 Å². The van der Waals surface area contributed by atoms with Gasteiger partial charge in [0.15, 0.2) is 0 Å². The van der Waals surface area contributed by atoms with Crippen LogP contribution in [0, 0.1) is 5.92 Å². The van der Waals surface area contributed by atoms with Gasteiger partial charge in [0.05, 0.1) is 7.11 Å². The van der Waals surface area contributed by atoms with Gasteiger partial charge in [0.25, 0.3) is 0 Å². The fourth-order valence-electron chi connectivity index (χ4n) is 5.31. The highest BCUT2D eigenvalue weighted by molar-refractivity contribution is 6.34. The maximum absolute atomic E-state index is 6.40. The Morgan fingerprint density at radius 1 is 1.10 bits per heavy atom. The first-order chi connectivity index (χ1) is 15.2. The van der Waals surface area contributed by atoms with E-state index in [2.05, 4.69) is 45.5 Å². The van der Waals surface area contributed by atoms with Crippen molar-refractivity contribution >= 4 is 28.1 Å². The van der Waals surface area contributed by atoms with Gasteiger partial charge in [0, 0.05) is 41.8 Å². The lowest BCUT2D eigenvalue weighted by Gasteiger charge is -2.41. The molecular formula is C26H30ClN3O. The van der Waals surface area contributed by atoms with Crippen molar-refractivity contribution in [3.63, 3.8) is 0 Å². The predicted molar refractivity (Wildman–Crippen MR) is 128 cm³/mol. The number of aromatic nitrogens is 1. The topological polar surface area (TPSA) is 37.4 Å². The molecule has 4 nitrogen and oxygen atoms in total. The zero-order valence-electron chi connectivity index (χ0n) is 18.1. The summed E-state index contributed by atoms with van der Waals surface area (Å²) in [7, 11) is 1.71. The zero-order chi connectivity index (χ0) is 21.2. The van der Waals surface area contributed by atoms with E-state index in [-0.39, 0.29) is 0 Å². The third-order valence-corrected chi connectivity index (χ3v) is 7.33. The number of nitrogens with one attached hydrogen (secondary N) is 1. The highest BCUT2D eigenvalue weighted by atomic mass is 35.5. The Morgan fingerprint density at radius 3 is 2.68 bits per heavy atom. The molecule has 162 valence electrons. The second-order valence-corrected chi connectivity index (χ2v) is 9.23. The van der Waals surface area contributed by atoms with Crippen LogP contribution in [0.15, 0.2) is 48.7 Å². The van der Waals surface area contributed by atoms with Crippen LogP contribution in [0.2, 0.25) is 5.15 Å². The average molecular weight is 436 g/mol. The second kappa shape index (κ2) is 9.05. The molecule has 1 aliphatic carbocycles. The molecule has 1 aromatic heterocycles. The molecule has 2 heterocycles. The number of rotatable bonds is 6. The maximum atomic E-state index is 6.40. The molecule has 1 N–H and O–H groups in total. The van der Waals surface area contributed by atoms with Crippen molar-refractivity contribution in [2.24, 2.45) is 5.92 Å². The minimum absolute atomic E-state index is 0.620. The third-order valence-electron chi connectivity index (χ3n) is 7.03. The van der Waals surface area contributed by atoms with Crippen LogP contribution in [-0.4, -0.2) is 31.2 Å². The van der Waals surface area contributed by atoms with E-state index in [1.807, 2.05) is 18.3 Å². The monoisotopic (exact) mass is 435 g/mol. The molecular weight excluding hydrogens is 406 g/mol. The molecule has 0 radical (unpaired) electrons. The van der Waals surface area contributed by atoms with Crippen LogP contribution in [0.25, 0.3) is 10.8 Å². The van der Waals surface area contributed by atoms with E-state index in [0.29, 0.717) is 11.2 Å². The molecule has 0 unspecified atom stereocenters. The summed E-state index contributed by atoms with van der Waals surface area (Å²) in [6, 6.07) is 15.5. The minimum Gasteiger partial charge on any atom is -0.497 e. The molecule has 1 aliphatic heterocycles. The van der Waals surface area contributed by atoms with Crippen LogP contribution < -0.4 is 15.0 Å². The fourth-order valence-corrected chi connectivity index (χ4v) is 5.52. The number of hydrogen-bond donors (Lipinski definition) is 1. The van der Waals surface area contributed by atoms with Gasteiger partial charge in [-0.3, -0.25) is 0 Å². The lowest BCUT2D eigenvalue weighted by Crippen LogP contribution is -2.42. The highest BCUT2D eigenvalue weighted by Crippen LogP contribution is 2.40. The molecule has 2 aliphatic rings. The second-order valence-electron chi connectivity index (χ2n) is 8.87. The lowest BCUT2D eigenvalue weighted by molar-refractivity contribution is 0.304. The van der Waals surface area contributed by atoms with E-state index in [0.717, 1.165) is 43.1 Å². The number of hydrogen-bond acceptors (Lipinski definition) is 4. The lowest BCUT2D eigenvalue weighted by atomic mass is 9.84. The van der Waals surface area contributed by atoms with Crippen molar-refractivity contribution in [1.82, 2.24) is 10.3 Å². The van der Waals surface area contributed by atoms with Gasteiger partial charge in [0.1, 0.15) is 10.9 Å². The number of benzene rings is 2. The highest BCUT2D eigenvalue weighted by Gasteiger charge is 2.29. The SMILES string of the molecule is COc1ccc(CNCC2CCC(N3CCc4cnc(Cl)c5cccc3c45)CC2)cc1.